The van der Waals surface area contributed by atoms with Crippen molar-refractivity contribution in [3.05, 3.63) is 48.0 Å². The molecule has 1 saturated heterocycles. The third-order valence-electron chi connectivity index (χ3n) is 5.56. The molecule has 0 radical (unpaired) electrons. The maximum Gasteiger partial charge on any atom is 0.338 e. The van der Waals surface area contributed by atoms with E-state index in [4.69, 9.17) is 14.2 Å². The standard InChI is InChI=1S/C24H30N2O7S/c1-16-10-17(2)14-26(13-16)34(29,30)20-7-5-6-18(11-20)24(28)33-15-23(27)25-21-9-8-19(31-3)12-22(21)32-4/h5-9,11-12,16-17H,10,13-15H2,1-4H3,(H,25,27)/t16-,17+. The van der Waals surface area contributed by atoms with Gasteiger partial charge in [0.05, 0.1) is 30.4 Å². The van der Waals surface area contributed by atoms with Gasteiger partial charge in [0.1, 0.15) is 11.5 Å². The molecule has 184 valence electrons. The third-order valence-corrected chi connectivity index (χ3v) is 7.39. The molecular formula is C24H30N2O7S. The average molecular weight is 491 g/mol. The second-order valence-electron chi connectivity index (χ2n) is 8.49. The molecule has 0 aliphatic carbocycles. The summed E-state index contributed by atoms with van der Waals surface area (Å²) < 4.78 is 43.1. The zero-order valence-corrected chi connectivity index (χ0v) is 20.6. The normalized spacial score (nSPS) is 18.7. The number of benzene rings is 2. The Bertz CT molecular complexity index is 1140. The maximum atomic E-state index is 13.1. The number of nitrogens with one attached hydrogen (secondary N) is 1. The van der Waals surface area contributed by atoms with Crippen molar-refractivity contribution in [1.29, 1.82) is 0 Å². The van der Waals surface area contributed by atoms with E-state index in [-0.39, 0.29) is 22.3 Å². The number of esters is 1. The van der Waals surface area contributed by atoms with Gasteiger partial charge in [0.25, 0.3) is 5.91 Å². The molecule has 2 aromatic rings. The number of piperidine rings is 1. The van der Waals surface area contributed by atoms with Gasteiger partial charge in [-0.3, -0.25) is 4.79 Å². The van der Waals surface area contributed by atoms with E-state index in [2.05, 4.69) is 5.32 Å². The summed E-state index contributed by atoms with van der Waals surface area (Å²) in [7, 11) is -0.778. The quantitative estimate of drug-likeness (QED) is 0.566. The molecule has 0 spiro atoms. The van der Waals surface area contributed by atoms with E-state index in [0.29, 0.717) is 30.3 Å². The van der Waals surface area contributed by atoms with Gasteiger partial charge in [-0.15, -0.1) is 0 Å². The van der Waals surface area contributed by atoms with Crippen molar-refractivity contribution in [3.63, 3.8) is 0 Å². The molecule has 1 amide bonds. The van der Waals surface area contributed by atoms with E-state index < -0.39 is 28.5 Å². The fourth-order valence-electron chi connectivity index (χ4n) is 4.04. The van der Waals surface area contributed by atoms with Gasteiger partial charge in [0, 0.05) is 19.2 Å². The Labute approximate surface area is 200 Å². The van der Waals surface area contributed by atoms with Gasteiger partial charge in [-0.05, 0) is 48.6 Å². The van der Waals surface area contributed by atoms with Crippen LogP contribution in [0.4, 0.5) is 5.69 Å². The van der Waals surface area contributed by atoms with Gasteiger partial charge in [0.2, 0.25) is 10.0 Å². The van der Waals surface area contributed by atoms with Crippen molar-refractivity contribution in [2.24, 2.45) is 11.8 Å². The van der Waals surface area contributed by atoms with Crippen LogP contribution in [0.2, 0.25) is 0 Å². The Morgan fingerprint density at radius 1 is 1.03 bits per heavy atom. The summed E-state index contributed by atoms with van der Waals surface area (Å²) in [4.78, 5) is 24.8. The van der Waals surface area contributed by atoms with Gasteiger partial charge >= 0.3 is 5.97 Å². The first kappa shape index (κ1) is 25.5. The Morgan fingerprint density at radius 2 is 1.74 bits per heavy atom. The topological polar surface area (TPSA) is 111 Å². The van der Waals surface area contributed by atoms with Gasteiger partial charge in [0.15, 0.2) is 6.61 Å². The van der Waals surface area contributed by atoms with Gasteiger partial charge in [-0.1, -0.05) is 19.9 Å². The molecule has 1 N–H and O–H groups in total. The number of hydrogen-bond donors (Lipinski definition) is 1. The first-order valence-electron chi connectivity index (χ1n) is 10.9. The molecule has 2 atom stereocenters. The van der Waals surface area contributed by atoms with E-state index in [9.17, 15) is 18.0 Å². The van der Waals surface area contributed by atoms with E-state index in [1.54, 1.807) is 18.2 Å². The molecule has 0 bridgehead atoms. The zero-order valence-electron chi connectivity index (χ0n) is 19.7. The van der Waals surface area contributed by atoms with E-state index in [1.165, 1.54) is 42.8 Å². The molecule has 3 rings (SSSR count). The molecule has 0 aromatic heterocycles. The van der Waals surface area contributed by atoms with Crippen LogP contribution in [0.25, 0.3) is 0 Å². The summed E-state index contributed by atoms with van der Waals surface area (Å²) in [5.41, 5.74) is 0.441. The number of carbonyl (C=O) groups excluding carboxylic acids is 2. The van der Waals surface area contributed by atoms with Crippen molar-refractivity contribution < 1.29 is 32.2 Å². The number of ether oxygens (including phenoxy) is 3. The second-order valence-corrected chi connectivity index (χ2v) is 10.4. The van der Waals surface area contributed by atoms with Gasteiger partial charge < -0.3 is 19.5 Å². The molecule has 0 unspecified atom stereocenters. The van der Waals surface area contributed by atoms with E-state index in [0.717, 1.165) is 6.42 Å². The van der Waals surface area contributed by atoms with Crippen molar-refractivity contribution in [2.45, 2.75) is 25.2 Å². The van der Waals surface area contributed by atoms with Crippen LogP contribution in [0.15, 0.2) is 47.4 Å². The molecule has 1 fully saturated rings. The highest BCUT2D eigenvalue weighted by molar-refractivity contribution is 7.89. The van der Waals surface area contributed by atoms with Crippen LogP contribution in [-0.2, 0) is 19.6 Å². The highest BCUT2D eigenvalue weighted by Gasteiger charge is 2.32. The van der Waals surface area contributed by atoms with Crippen molar-refractivity contribution in [1.82, 2.24) is 4.31 Å². The van der Waals surface area contributed by atoms with Crippen LogP contribution < -0.4 is 14.8 Å². The fraction of sp³-hybridized carbons (Fsp3) is 0.417. The molecule has 1 heterocycles. The molecule has 9 nitrogen and oxygen atoms in total. The Kier molecular flexibility index (Phi) is 8.16. The van der Waals surface area contributed by atoms with Crippen LogP contribution >= 0.6 is 0 Å². The Morgan fingerprint density at radius 3 is 2.38 bits per heavy atom. The summed E-state index contributed by atoms with van der Waals surface area (Å²) in [5.74, 6) is 0.0954. The zero-order chi connectivity index (χ0) is 24.9. The number of sulfonamides is 1. The van der Waals surface area contributed by atoms with Crippen molar-refractivity contribution >= 4 is 27.6 Å². The number of carbonyl (C=O) groups is 2. The predicted molar refractivity (Wildman–Crippen MR) is 127 cm³/mol. The molecule has 1 aliphatic rings. The van der Waals surface area contributed by atoms with Gasteiger partial charge in [-0.25, -0.2) is 13.2 Å². The number of hydrogen-bond acceptors (Lipinski definition) is 7. The lowest BCUT2D eigenvalue weighted by Crippen LogP contribution is -2.42. The lowest BCUT2D eigenvalue weighted by Gasteiger charge is -2.34. The molecule has 0 saturated carbocycles. The number of anilines is 1. The monoisotopic (exact) mass is 490 g/mol. The smallest absolute Gasteiger partial charge is 0.338 e. The number of nitrogens with zero attached hydrogens (tertiary/aromatic N) is 1. The summed E-state index contributed by atoms with van der Waals surface area (Å²) in [5, 5.41) is 2.61. The largest absolute Gasteiger partial charge is 0.497 e. The van der Waals surface area contributed by atoms with Crippen molar-refractivity contribution in [2.75, 3.05) is 39.2 Å². The van der Waals surface area contributed by atoms with Crippen LogP contribution in [-0.4, -0.2) is 58.5 Å². The second kappa shape index (κ2) is 10.9. The Balaban J connectivity index is 1.65. The van der Waals surface area contributed by atoms with Crippen LogP contribution in [0.5, 0.6) is 11.5 Å². The molecule has 2 aromatic carbocycles. The van der Waals surface area contributed by atoms with Crippen LogP contribution in [0.3, 0.4) is 0 Å². The van der Waals surface area contributed by atoms with E-state index in [1.807, 2.05) is 13.8 Å². The van der Waals surface area contributed by atoms with Crippen LogP contribution in [0, 0.1) is 11.8 Å². The maximum absolute atomic E-state index is 13.1. The lowest BCUT2D eigenvalue weighted by atomic mass is 9.94. The van der Waals surface area contributed by atoms with Gasteiger partial charge in [-0.2, -0.15) is 4.31 Å². The van der Waals surface area contributed by atoms with Crippen molar-refractivity contribution in [3.8, 4) is 11.5 Å². The highest BCUT2D eigenvalue weighted by atomic mass is 32.2. The summed E-state index contributed by atoms with van der Waals surface area (Å²) >= 11 is 0. The van der Waals surface area contributed by atoms with Crippen LogP contribution in [0.1, 0.15) is 30.6 Å². The SMILES string of the molecule is COc1ccc(NC(=O)COC(=O)c2cccc(S(=O)(=O)N3C[C@H](C)C[C@H](C)C3)c2)c(OC)c1. The number of methoxy groups -OCH3 is 2. The number of rotatable bonds is 8. The molecule has 10 heteroatoms. The fourth-order valence-corrected chi connectivity index (χ4v) is 5.76. The molecular weight excluding hydrogens is 460 g/mol. The minimum absolute atomic E-state index is 0.0238. The summed E-state index contributed by atoms with van der Waals surface area (Å²) in [6.07, 6.45) is 0.975. The minimum Gasteiger partial charge on any atom is -0.497 e. The summed E-state index contributed by atoms with van der Waals surface area (Å²) in [6, 6.07) is 10.5. The highest BCUT2D eigenvalue weighted by Crippen LogP contribution is 2.29. The lowest BCUT2D eigenvalue weighted by molar-refractivity contribution is -0.119. The molecule has 34 heavy (non-hydrogen) atoms. The minimum atomic E-state index is -3.75. The average Bonchev–Trinajstić information content (AvgIpc) is 2.82. The first-order chi connectivity index (χ1) is 16.1. The summed E-state index contributed by atoms with van der Waals surface area (Å²) in [6.45, 7) is 4.38. The third kappa shape index (κ3) is 6.06. The van der Waals surface area contributed by atoms with E-state index >= 15 is 0 Å². The predicted octanol–water partition coefficient (Wildman–Crippen LogP) is 3.17. The molecule has 1 aliphatic heterocycles. The number of amides is 1. The first-order valence-corrected chi connectivity index (χ1v) is 12.4. The Hall–Kier alpha value is -3.11.